The van der Waals surface area contributed by atoms with Gasteiger partial charge in [0.05, 0.1) is 12.1 Å². The molecule has 2 heterocycles. The van der Waals surface area contributed by atoms with Gasteiger partial charge in [-0.05, 0) is 17.2 Å². The van der Waals surface area contributed by atoms with E-state index in [0.717, 1.165) is 15.4 Å². The summed E-state index contributed by atoms with van der Waals surface area (Å²) in [5.41, 5.74) is 7.62. The third-order valence-electron chi connectivity index (χ3n) is 3.13. The van der Waals surface area contributed by atoms with E-state index in [9.17, 15) is 13.2 Å². The van der Waals surface area contributed by atoms with Gasteiger partial charge in [-0.3, -0.25) is 4.79 Å². The standard InChI is InChI=1S/C11H13N3O3S/c12-7-8-1-2-10-9(5-8)6-11(15)14(10)18(16,17)13-3-4-13/h1-2,5H,3-4,6-7,12H2. The second-order valence-electron chi connectivity index (χ2n) is 4.41. The number of nitrogens with zero attached hydrogens (tertiary/aromatic N) is 2. The monoisotopic (exact) mass is 267 g/mol. The van der Waals surface area contributed by atoms with Gasteiger partial charge in [-0.15, -0.1) is 0 Å². The van der Waals surface area contributed by atoms with Crippen molar-refractivity contribution in [1.82, 2.24) is 4.31 Å². The molecule has 0 aliphatic carbocycles. The van der Waals surface area contributed by atoms with Crippen molar-refractivity contribution >= 4 is 21.8 Å². The Morgan fingerprint density at radius 2 is 2.00 bits per heavy atom. The third kappa shape index (κ3) is 1.63. The van der Waals surface area contributed by atoms with E-state index >= 15 is 0 Å². The number of amides is 1. The van der Waals surface area contributed by atoms with Crippen LogP contribution in [-0.2, 0) is 28.0 Å². The molecule has 6 nitrogen and oxygen atoms in total. The number of nitrogens with two attached hydrogens (primary N) is 1. The quantitative estimate of drug-likeness (QED) is 0.755. The van der Waals surface area contributed by atoms with Crippen LogP contribution in [0.5, 0.6) is 0 Å². The van der Waals surface area contributed by atoms with Crippen molar-refractivity contribution < 1.29 is 13.2 Å². The van der Waals surface area contributed by atoms with Gasteiger partial charge in [0.2, 0.25) is 5.91 Å². The van der Waals surface area contributed by atoms with E-state index in [0.29, 0.717) is 25.3 Å². The predicted molar refractivity (Wildman–Crippen MR) is 66.0 cm³/mol. The Morgan fingerprint density at radius 1 is 1.28 bits per heavy atom. The molecule has 7 heteroatoms. The molecule has 1 aromatic carbocycles. The van der Waals surface area contributed by atoms with Crippen molar-refractivity contribution in [3.05, 3.63) is 29.3 Å². The maximum absolute atomic E-state index is 12.1. The fourth-order valence-corrected chi connectivity index (χ4v) is 3.64. The van der Waals surface area contributed by atoms with Crippen molar-refractivity contribution in [3.63, 3.8) is 0 Å². The Labute approximate surface area is 105 Å². The number of hydrogen-bond donors (Lipinski definition) is 1. The minimum atomic E-state index is -3.66. The normalized spacial score (nSPS) is 19.2. The summed E-state index contributed by atoms with van der Waals surface area (Å²) in [6.07, 6.45) is 0.121. The van der Waals surface area contributed by atoms with Gasteiger partial charge in [0.1, 0.15) is 0 Å². The highest BCUT2D eigenvalue weighted by atomic mass is 32.2. The van der Waals surface area contributed by atoms with Crippen LogP contribution in [0.15, 0.2) is 18.2 Å². The molecule has 0 atom stereocenters. The predicted octanol–water partition coefficient (Wildman–Crippen LogP) is -0.405. The van der Waals surface area contributed by atoms with Gasteiger partial charge in [-0.2, -0.15) is 17.0 Å². The lowest BCUT2D eigenvalue weighted by Gasteiger charge is -2.17. The minimum absolute atomic E-state index is 0.121. The van der Waals surface area contributed by atoms with Crippen molar-refractivity contribution in [2.75, 3.05) is 17.4 Å². The number of carbonyl (C=O) groups excluding carboxylic acids is 1. The highest BCUT2D eigenvalue weighted by Crippen LogP contribution is 2.34. The van der Waals surface area contributed by atoms with E-state index in [1.807, 2.05) is 0 Å². The summed E-state index contributed by atoms with van der Waals surface area (Å²) in [5.74, 6) is -0.397. The summed E-state index contributed by atoms with van der Waals surface area (Å²) < 4.78 is 26.4. The Morgan fingerprint density at radius 3 is 2.61 bits per heavy atom. The fraction of sp³-hybridized carbons (Fsp3) is 0.364. The molecule has 2 aliphatic heterocycles. The molecule has 0 bridgehead atoms. The Hall–Kier alpha value is -1.44. The first-order chi connectivity index (χ1) is 8.54. The molecule has 18 heavy (non-hydrogen) atoms. The van der Waals surface area contributed by atoms with Crippen LogP contribution in [0.1, 0.15) is 11.1 Å². The van der Waals surface area contributed by atoms with Gasteiger partial charge in [-0.25, -0.2) is 0 Å². The number of benzene rings is 1. The summed E-state index contributed by atoms with van der Waals surface area (Å²) >= 11 is 0. The second kappa shape index (κ2) is 3.78. The third-order valence-corrected chi connectivity index (χ3v) is 5.01. The van der Waals surface area contributed by atoms with Crippen molar-refractivity contribution in [1.29, 1.82) is 0 Å². The van der Waals surface area contributed by atoms with Crippen LogP contribution in [0.4, 0.5) is 5.69 Å². The Kier molecular flexibility index (Phi) is 2.44. The average molecular weight is 267 g/mol. The molecule has 1 amide bonds. The van der Waals surface area contributed by atoms with Gasteiger partial charge in [0.15, 0.2) is 0 Å². The lowest BCUT2D eigenvalue weighted by molar-refractivity contribution is -0.116. The molecule has 1 saturated heterocycles. The summed E-state index contributed by atoms with van der Waals surface area (Å²) in [4.78, 5) is 11.9. The number of fused-ring (bicyclic) bond motifs is 1. The lowest BCUT2D eigenvalue weighted by Crippen LogP contribution is -2.38. The van der Waals surface area contributed by atoms with Gasteiger partial charge < -0.3 is 5.73 Å². The topological polar surface area (TPSA) is 83.5 Å². The Balaban J connectivity index is 2.07. The molecule has 96 valence electrons. The van der Waals surface area contributed by atoms with Crippen molar-refractivity contribution in [2.24, 2.45) is 5.73 Å². The number of anilines is 1. The smallest absolute Gasteiger partial charge is 0.310 e. The molecule has 0 saturated carbocycles. The molecule has 1 fully saturated rings. The molecule has 3 rings (SSSR count). The zero-order valence-electron chi connectivity index (χ0n) is 9.67. The van der Waals surface area contributed by atoms with Crippen LogP contribution < -0.4 is 10.0 Å². The van der Waals surface area contributed by atoms with Crippen LogP contribution in [0.2, 0.25) is 0 Å². The van der Waals surface area contributed by atoms with Crippen LogP contribution in [-0.4, -0.2) is 31.7 Å². The van der Waals surface area contributed by atoms with E-state index in [2.05, 4.69) is 0 Å². The van der Waals surface area contributed by atoms with Crippen LogP contribution in [0.25, 0.3) is 0 Å². The van der Waals surface area contributed by atoms with E-state index in [1.54, 1.807) is 18.2 Å². The molecular formula is C11H13N3O3S. The molecule has 0 radical (unpaired) electrons. The number of hydrogen-bond acceptors (Lipinski definition) is 4. The van der Waals surface area contributed by atoms with Crippen LogP contribution in [0.3, 0.4) is 0 Å². The van der Waals surface area contributed by atoms with E-state index in [-0.39, 0.29) is 6.42 Å². The Bertz CT molecular complexity index is 622. The van der Waals surface area contributed by atoms with E-state index in [1.165, 1.54) is 4.31 Å². The van der Waals surface area contributed by atoms with Gasteiger partial charge in [-0.1, -0.05) is 12.1 Å². The van der Waals surface area contributed by atoms with Crippen molar-refractivity contribution in [2.45, 2.75) is 13.0 Å². The van der Waals surface area contributed by atoms with Gasteiger partial charge in [0, 0.05) is 19.6 Å². The molecule has 0 unspecified atom stereocenters. The zero-order valence-corrected chi connectivity index (χ0v) is 10.5. The van der Waals surface area contributed by atoms with E-state index in [4.69, 9.17) is 5.73 Å². The first-order valence-electron chi connectivity index (χ1n) is 5.69. The molecule has 1 aromatic rings. The molecule has 2 N–H and O–H groups in total. The molecule has 0 spiro atoms. The van der Waals surface area contributed by atoms with Gasteiger partial charge in [0.25, 0.3) is 0 Å². The highest BCUT2D eigenvalue weighted by Gasteiger charge is 2.44. The van der Waals surface area contributed by atoms with Crippen molar-refractivity contribution in [3.8, 4) is 0 Å². The molecule has 2 aliphatic rings. The SMILES string of the molecule is NCc1ccc2c(c1)CC(=O)N2S(=O)(=O)N1CC1. The van der Waals surface area contributed by atoms with Crippen LogP contribution in [0, 0.1) is 0 Å². The zero-order chi connectivity index (χ0) is 12.9. The fourth-order valence-electron chi connectivity index (χ4n) is 2.11. The largest absolute Gasteiger partial charge is 0.326 e. The molecule has 0 aromatic heterocycles. The first kappa shape index (κ1) is 11.6. The average Bonchev–Trinajstić information content (AvgIpc) is 3.11. The second-order valence-corrected chi connectivity index (χ2v) is 6.19. The summed E-state index contributed by atoms with van der Waals surface area (Å²) in [7, 11) is -3.66. The van der Waals surface area contributed by atoms with Gasteiger partial charge >= 0.3 is 10.2 Å². The maximum atomic E-state index is 12.1. The van der Waals surface area contributed by atoms with E-state index < -0.39 is 16.1 Å². The number of carbonyl (C=O) groups is 1. The summed E-state index contributed by atoms with van der Waals surface area (Å²) in [5, 5.41) is 0. The summed E-state index contributed by atoms with van der Waals surface area (Å²) in [6.45, 7) is 1.35. The number of rotatable bonds is 3. The minimum Gasteiger partial charge on any atom is -0.326 e. The molecular weight excluding hydrogens is 254 g/mol. The summed E-state index contributed by atoms with van der Waals surface area (Å²) in [6, 6.07) is 5.21. The lowest BCUT2D eigenvalue weighted by atomic mass is 10.1. The van der Waals surface area contributed by atoms with Crippen LogP contribution >= 0.6 is 0 Å². The highest BCUT2D eigenvalue weighted by molar-refractivity contribution is 7.91. The maximum Gasteiger partial charge on any atom is 0.310 e. The first-order valence-corrected chi connectivity index (χ1v) is 7.09.